The Hall–Kier alpha value is -2.37. The van der Waals surface area contributed by atoms with Crippen molar-refractivity contribution in [3.63, 3.8) is 0 Å². The Balaban J connectivity index is 1.74. The lowest BCUT2D eigenvalue weighted by Crippen LogP contribution is -2.13. The minimum atomic E-state index is -0.324. The molecule has 0 bridgehead atoms. The van der Waals surface area contributed by atoms with Crippen LogP contribution in [-0.2, 0) is 0 Å². The zero-order chi connectivity index (χ0) is 13.9. The molecule has 1 fully saturated rings. The molecule has 0 spiro atoms. The Morgan fingerprint density at radius 3 is 3.15 bits per heavy atom. The van der Waals surface area contributed by atoms with Gasteiger partial charge in [-0.15, -0.1) is 0 Å². The first-order valence-electron chi connectivity index (χ1n) is 6.63. The van der Waals surface area contributed by atoms with Gasteiger partial charge in [0.05, 0.1) is 6.61 Å². The maximum Gasteiger partial charge on any atom is 0.277 e. The average Bonchev–Trinajstić information content (AvgIpc) is 3.19. The number of anilines is 1. The van der Waals surface area contributed by atoms with Crippen LogP contribution in [0.25, 0.3) is 0 Å². The van der Waals surface area contributed by atoms with E-state index in [0.29, 0.717) is 24.1 Å². The van der Waals surface area contributed by atoms with Crippen LogP contribution in [0.1, 0.15) is 41.9 Å². The average molecular weight is 273 g/mol. The summed E-state index contributed by atoms with van der Waals surface area (Å²) in [5.74, 6) is 1.29. The number of ether oxygens (including phenoxy) is 1. The maximum absolute atomic E-state index is 12.1. The molecule has 0 saturated heterocycles. The Morgan fingerprint density at radius 2 is 2.40 bits per heavy atom. The Morgan fingerprint density at radius 1 is 1.55 bits per heavy atom. The number of nitrogens with one attached hydrogen (secondary N) is 1. The molecule has 20 heavy (non-hydrogen) atoms. The normalized spacial score (nSPS) is 14.1. The first kappa shape index (κ1) is 12.7. The van der Waals surface area contributed by atoms with E-state index in [-0.39, 0.29) is 11.6 Å². The van der Waals surface area contributed by atoms with Crippen LogP contribution < -0.4 is 10.1 Å². The molecule has 0 aromatic carbocycles. The first-order chi connectivity index (χ1) is 9.78. The van der Waals surface area contributed by atoms with Gasteiger partial charge in [-0.3, -0.25) is 4.79 Å². The predicted molar refractivity (Wildman–Crippen MR) is 71.8 cm³/mol. The number of amides is 1. The zero-order valence-electron chi connectivity index (χ0n) is 11.1. The molecule has 0 unspecified atom stereocenters. The summed E-state index contributed by atoms with van der Waals surface area (Å²) in [6, 6.07) is 5.16. The molecule has 104 valence electrons. The van der Waals surface area contributed by atoms with E-state index in [1.165, 1.54) is 0 Å². The van der Waals surface area contributed by atoms with E-state index in [4.69, 9.17) is 9.26 Å². The topological polar surface area (TPSA) is 77.2 Å². The van der Waals surface area contributed by atoms with Crippen molar-refractivity contribution in [2.75, 3.05) is 11.9 Å². The van der Waals surface area contributed by atoms with Gasteiger partial charge in [-0.2, -0.15) is 0 Å². The van der Waals surface area contributed by atoms with Crippen molar-refractivity contribution < 1.29 is 14.1 Å². The largest absolute Gasteiger partial charge is 0.476 e. The minimum absolute atomic E-state index is 0.276. The number of hydrogen-bond acceptors (Lipinski definition) is 5. The van der Waals surface area contributed by atoms with E-state index in [9.17, 15) is 4.79 Å². The maximum atomic E-state index is 12.1. The highest BCUT2D eigenvalue weighted by molar-refractivity contribution is 6.03. The summed E-state index contributed by atoms with van der Waals surface area (Å²) >= 11 is 0. The van der Waals surface area contributed by atoms with Crippen molar-refractivity contribution in [2.45, 2.75) is 25.7 Å². The van der Waals surface area contributed by atoms with Crippen LogP contribution in [0.3, 0.4) is 0 Å². The standard InChI is InChI=1S/C14H15N3O3/c1-2-19-14-10(4-3-7-15-14)16-13(18)11-8-12(20-17-11)9-5-6-9/h3-4,7-9H,2,5-6H2,1H3,(H,16,18). The Labute approximate surface area is 116 Å². The van der Waals surface area contributed by atoms with Gasteiger partial charge in [0.2, 0.25) is 5.88 Å². The van der Waals surface area contributed by atoms with E-state index in [1.54, 1.807) is 24.4 Å². The van der Waals surface area contributed by atoms with Crippen LogP contribution in [0, 0.1) is 0 Å². The van der Waals surface area contributed by atoms with Gasteiger partial charge in [-0.25, -0.2) is 4.98 Å². The fourth-order valence-corrected chi connectivity index (χ4v) is 1.88. The van der Waals surface area contributed by atoms with Crippen molar-refractivity contribution in [1.82, 2.24) is 10.1 Å². The van der Waals surface area contributed by atoms with Crippen LogP contribution in [0.15, 0.2) is 28.9 Å². The summed E-state index contributed by atoms with van der Waals surface area (Å²) in [4.78, 5) is 16.2. The van der Waals surface area contributed by atoms with Gasteiger partial charge in [0, 0.05) is 18.2 Å². The van der Waals surface area contributed by atoms with Gasteiger partial charge < -0.3 is 14.6 Å². The van der Waals surface area contributed by atoms with Crippen LogP contribution in [0.2, 0.25) is 0 Å². The molecule has 1 amide bonds. The molecule has 0 atom stereocenters. The molecule has 0 radical (unpaired) electrons. The molecule has 1 aliphatic carbocycles. The summed E-state index contributed by atoms with van der Waals surface area (Å²) in [6.07, 6.45) is 3.82. The second-order valence-electron chi connectivity index (χ2n) is 4.63. The third-order valence-electron chi connectivity index (χ3n) is 3.04. The summed E-state index contributed by atoms with van der Waals surface area (Å²) in [5.41, 5.74) is 0.800. The summed E-state index contributed by atoms with van der Waals surface area (Å²) in [5, 5.41) is 6.54. The van der Waals surface area contributed by atoms with Crippen molar-refractivity contribution in [3.8, 4) is 5.88 Å². The van der Waals surface area contributed by atoms with Gasteiger partial charge in [0.25, 0.3) is 5.91 Å². The highest BCUT2D eigenvalue weighted by Gasteiger charge is 2.29. The summed E-state index contributed by atoms with van der Waals surface area (Å²) in [7, 11) is 0. The van der Waals surface area contributed by atoms with Gasteiger partial charge in [-0.1, -0.05) is 5.16 Å². The molecule has 1 aliphatic rings. The number of nitrogens with zero attached hydrogens (tertiary/aromatic N) is 2. The lowest BCUT2D eigenvalue weighted by atomic mass is 10.2. The molecular weight excluding hydrogens is 258 g/mol. The molecule has 1 saturated carbocycles. The molecule has 6 heteroatoms. The van der Waals surface area contributed by atoms with Crippen LogP contribution in [0.4, 0.5) is 5.69 Å². The number of aromatic nitrogens is 2. The molecule has 1 N–H and O–H groups in total. The van der Waals surface area contributed by atoms with Crippen LogP contribution in [0.5, 0.6) is 5.88 Å². The summed E-state index contributed by atoms with van der Waals surface area (Å²) in [6.45, 7) is 2.34. The molecule has 2 heterocycles. The number of carbonyl (C=O) groups is 1. The smallest absolute Gasteiger partial charge is 0.277 e. The summed E-state index contributed by atoms with van der Waals surface area (Å²) < 4.78 is 10.5. The molecule has 2 aromatic heterocycles. The number of pyridine rings is 1. The molecule has 6 nitrogen and oxygen atoms in total. The van der Waals surface area contributed by atoms with Crippen molar-refractivity contribution in [3.05, 3.63) is 35.9 Å². The zero-order valence-corrected chi connectivity index (χ0v) is 11.1. The lowest BCUT2D eigenvalue weighted by molar-refractivity contribution is 0.101. The van der Waals surface area contributed by atoms with E-state index in [0.717, 1.165) is 18.6 Å². The van der Waals surface area contributed by atoms with Crippen LogP contribution in [-0.4, -0.2) is 22.7 Å². The quantitative estimate of drug-likeness (QED) is 0.906. The second kappa shape index (κ2) is 5.32. The van der Waals surface area contributed by atoms with E-state index < -0.39 is 0 Å². The van der Waals surface area contributed by atoms with E-state index >= 15 is 0 Å². The SMILES string of the molecule is CCOc1ncccc1NC(=O)c1cc(C2CC2)on1. The van der Waals surface area contributed by atoms with Crippen molar-refractivity contribution in [2.24, 2.45) is 0 Å². The predicted octanol–water partition coefficient (Wildman–Crippen LogP) is 2.60. The highest BCUT2D eigenvalue weighted by Crippen LogP contribution is 2.40. The molecule has 2 aromatic rings. The van der Waals surface area contributed by atoms with E-state index in [2.05, 4.69) is 15.5 Å². The monoisotopic (exact) mass is 273 g/mol. The number of rotatable bonds is 5. The third-order valence-corrected chi connectivity index (χ3v) is 3.04. The molecule has 3 rings (SSSR count). The van der Waals surface area contributed by atoms with Crippen molar-refractivity contribution in [1.29, 1.82) is 0 Å². The fourth-order valence-electron chi connectivity index (χ4n) is 1.88. The minimum Gasteiger partial charge on any atom is -0.476 e. The third kappa shape index (κ3) is 2.64. The second-order valence-corrected chi connectivity index (χ2v) is 4.63. The van der Waals surface area contributed by atoms with Crippen LogP contribution >= 0.6 is 0 Å². The van der Waals surface area contributed by atoms with Gasteiger partial charge in [-0.05, 0) is 31.9 Å². The number of hydrogen-bond donors (Lipinski definition) is 1. The van der Waals surface area contributed by atoms with Gasteiger partial charge in [0.1, 0.15) is 11.4 Å². The van der Waals surface area contributed by atoms with Crippen molar-refractivity contribution >= 4 is 11.6 Å². The first-order valence-corrected chi connectivity index (χ1v) is 6.63. The lowest BCUT2D eigenvalue weighted by Gasteiger charge is -2.08. The number of carbonyl (C=O) groups excluding carboxylic acids is 1. The Bertz CT molecular complexity index is 620. The fraction of sp³-hybridized carbons (Fsp3) is 0.357. The molecule has 0 aliphatic heterocycles. The van der Waals surface area contributed by atoms with Gasteiger partial charge >= 0.3 is 0 Å². The van der Waals surface area contributed by atoms with Gasteiger partial charge in [0.15, 0.2) is 5.69 Å². The van der Waals surface area contributed by atoms with E-state index in [1.807, 2.05) is 6.92 Å². The Kier molecular flexibility index (Phi) is 3.37. The molecular formula is C14H15N3O3. The highest BCUT2D eigenvalue weighted by atomic mass is 16.5.